The molecule has 1 aliphatic heterocycles. The van der Waals surface area contributed by atoms with Gasteiger partial charge in [0.2, 0.25) is 0 Å². The van der Waals surface area contributed by atoms with Crippen molar-refractivity contribution < 1.29 is 5.11 Å². The number of hydrogen-bond acceptors (Lipinski definition) is 4. The normalized spacial score (nSPS) is 27.8. The van der Waals surface area contributed by atoms with Gasteiger partial charge >= 0.3 is 0 Å². The summed E-state index contributed by atoms with van der Waals surface area (Å²) in [6.07, 6.45) is 4.91. The molecule has 0 spiro atoms. The van der Waals surface area contributed by atoms with Gasteiger partial charge in [0.1, 0.15) is 5.75 Å². The van der Waals surface area contributed by atoms with Crippen LogP contribution in [-0.4, -0.2) is 28.6 Å². The maximum atomic E-state index is 9.72. The maximum Gasteiger partial charge on any atom is 0.192 e. The zero-order chi connectivity index (χ0) is 13.5. The average Bonchev–Trinajstić information content (AvgIpc) is 2.99. The van der Waals surface area contributed by atoms with Crippen LogP contribution in [-0.2, 0) is 5.54 Å². The number of benzene rings is 1. The highest BCUT2D eigenvalue weighted by atomic mass is 16.3. The molecule has 2 aliphatic rings. The first-order chi connectivity index (χ1) is 9.11. The van der Waals surface area contributed by atoms with Crippen molar-refractivity contribution in [3.05, 3.63) is 29.8 Å². The van der Waals surface area contributed by atoms with Crippen LogP contribution < -0.4 is 5.73 Å². The zero-order valence-electron chi connectivity index (χ0n) is 11.3. The van der Waals surface area contributed by atoms with Gasteiger partial charge in [-0.05, 0) is 37.5 Å². The molecule has 1 heterocycles. The van der Waals surface area contributed by atoms with Gasteiger partial charge in [0.05, 0.1) is 12.1 Å². The molecule has 0 bridgehead atoms. The Morgan fingerprint density at radius 1 is 1.37 bits per heavy atom. The highest BCUT2D eigenvalue weighted by Gasteiger charge is 2.43. The molecule has 0 aromatic heterocycles. The van der Waals surface area contributed by atoms with E-state index in [0.717, 1.165) is 5.56 Å². The number of phenols is 1. The van der Waals surface area contributed by atoms with E-state index in [0.29, 0.717) is 24.3 Å². The molecule has 1 fully saturated rings. The summed E-state index contributed by atoms with van der Waals surface area (Å²) in [6, 6.07) is 7.95. The Hall–Kier alpha value is -1.71. The van der Waals surface area contributed by atoms with Crippen LogP contribution in [0, 0.1) is 0 Å². The van der Waals surface area contributed by atoms with Gasteiger partial charge in [-0.25, -0.2) is 0 Å². The molecule has 102 valence electrons. The van der Waals surface area contributed by atoms with Gasteiger partial charge in [0.25, 0.3) is 0 Å². The molecule has 1 unspecified atom stereocenters. The number of rotatable bonds is 2. The fourth-order valence-corrected chi connectivity index (χ4v) is 3.46. The Morgan fingerprint density at radius 3 is 2.79 bits per heavy atom. The minimum atomic E-state index is -0.224. The lowest BCUT2D eigenvalue weighted by atomic mass is 9.89. The molecule has 0 saturated heterocycles. The molecule has 4 nitrogen and oxygen atoms in total. The summed E-state index contributed by atoms with van der Waals surface area (Å²) in [5, 5.41) is 9.72. The second-order valence-electron chi connectivity index (χ2n) is 5.81. The molecule has 19 heavy (non-hydrogen) atoms. The first kappa shape index (κ1) is 12.3. The molecule has 4 heteroatoms. The lowest BCUT2D eigenvalue weighted by Gasteiger charge is -2.41. The molecule has 1 atom stereocenters. The smallest absolute Gasteiger partial charge is 0.192 e. The Balaban J connectivity index is 1.97. The fourth-order valence-electron chi connectivity index (χ4n) is 3.46. The number of guanidine groups is 1. The number of phenolic OH excluding ortho intramolecular Hbond substituents is 1. The largest absolute Gasteiger partial charge is 0.508 e. The predicted molar refractivity (Wildman–Crippen MR) is 76.0 cm³/mol. The summed E-state index contributed by atoms with van der Waals surface area (Å²) in [4.78, 5) is 6.73. The van der Waals surface area contributed by atoms with E-state index in [-0.39, 0.29) is 5.54 Å². The third kappa shape index (κ3) is 1.95. The summed E-state index contributed by atoms with van der Waals surface area (Å²) in [6.45, 7) is 2.84. The van der Waals surface area contributed by atoms with Crippen molar-refractivity contribution in [2.24, 2.45) is 10.7 Å². The van der Waals surface area contributed by atoms with Crippen LogP contribution in [0.25, 0.3) is 0 Å². The van der Waals surface area contributed by atoms with Crippen molar-refractivity contribution in [1.29, 1.82) is 0 Å². The van der Waals surface area contributed by atoms with Gasteiger partial charge in [0, 0.05) is 6.04 Å². The quantitative estimate of drug-likeness (QED) is 0.855. The summed E-state index contributed by atoms with van der Waals surface area (Å²) in [5.41, 5.74) is 6.99. The van der Waals surface area contributed by atoms with Gasteiger partial charge < -0.3 is 15.7 Å². The Kier molecular flexibility index (Phi) is 2.88. The number of aliphatic imine (C=N–C) groups is 1. The van der Waals surface area contributed by atoms with Crippen LogP contribution in [0.5, 0.6) is 5.75 Å². The van der Waals surface area contributed by atoms with Gasteiger partial charge in [-0.15, -0.1) is 0 Å². The third-order valence-electron chi connectivity index (χ3n) is 4.49. The second-order valence-corrected chi connectivity index (χ2v) is 5.81. The van der Waals surface area contributed by atoms with Crippen LogP contribution in [0.1, 0.15) is 38.2 Å². The zero-order valence-corrected chi connectivity index (χ0v) is 11.3. The van der Waals surface area contributed by atoms with Crippen molar-refractivity contribution in [1.82, 2.24) is 4.90 Å². The average molecular weight is 259 g/mol. The van der Waals surface area contributed by atoms with Crippen LogP contribution >= 0.6 is 0 Å². The van der Waals surface area contributed by atoms with E-state index >= 15 is 0 Å². The molecule has 1 aromatic rings. The minimum absolute atomic E-state index is 0.224. The SMILES string of the molecule is CC1(c2cccc(O)c2)CN=C(N)N1C1CCCC1. The van der Waals surface area contributed by atoms with Crippen LogP contribution in [0.3, 0.4) is 0 Å². The highest BCUT2D eigenvalue weighted by Crippen LogP contribution is 2.39. The van der Waals surface area contributed by atoms with Crippen molar-refractivity contribution in [3.8, 4) is 5.75 Å². The Labute approximate surface area is 113 Å². The van der Waals surface area contributed by atoms with E-state index in [4.69, 9.17) is 5.73 Å². The number of hydrogen-bond donors (Lipinski definition) is 2. The van der Waals surface area contributed by atoms with Gasteiger partial charge in [-0.3, -0.25) is 4.99 Å². The van der Waals surface area contributed by atoms with E-state index in [2.05, 4.69) is 22.9 Å². The predicted octanol–water partition coefficient (Wildman–Crippen LogP) is 2.18. The first-order valence-electron chi connectivity index (χ1n) is 7.00. The molecular formula is C15H21N3O. The van der Waals surface area contributed by atoms with E-state index in [9.17, 15) is 5.11 Å². The van der Waals surface area contributed by atoms with Gasteiger partial charge in [0.15, 0.2) is 5.96 Å². The summed E-state index contributed by atoms with van der Waals surface area (Å²) in [5.74, 6) is 0.952. The summed E-state index contributed by atoms with van der Waals surface area (Å²) < 4.78 is 0. The Bertz CT molecular complexity index is 508. The highest BCUT2D eigenvalue weighted by molar-refractivity contribution is 5.81. The topological polar surface area (TPSA) is 61.9 Å². The standard InChI is InChI=1S/C15H21N3O/c1-15(11-5-4-8-13(19)9-11)10-17-14(16)18(15)12-6-2-3-7-12/h4-5,8-9,12,19H,2-3,6-7,10H2,1H3,(H2,16,17). The lowest BCUT2D eigenvalue weighted by molar-refractivity contribution is 0.167. The third-order valence-corrected chi connectivity index (χ3v) is 4.49. The molecule has 1 aromatic carbocycles. The molecule has 0 radical (unpaired) electrons. The lowest BCUT2D eigenvalue weighted by Crippen LogP contribution is -2.52. The minimum Gasteiger partial charge on any atom is -0.508 e. The summed E-state index contributed by atoms with van der Waals surface area (Å²) >= 11 is 0. The van der Waals surface area contributed by atoms with Crippen LogP contribution in [0.2, 0.25) is 0 Å². The van der Waals surface area contributed by atoms with Crippen molar-refractivity contribution in [3.63, 3.8) is 0 Å². The van der Waals surface area contributed by atoms with Gasteiger partial charge in [-0.1, -0.05) is 25.0 Å². The summed E-state index contributed by atoms with van der Waals surface area (Å²) in [7, 11) is 0. The molecular weight excluding hydrogens is 238 g/mol. The van der Waals surface area contributed by atoms with E-state index in [1.54, 1.807) is 6.07 Å². The fraction of sp³-hybridized carbons (Fsp3) is 0.533. The van der Waals surface area contributed by atoms with Crippen molar-refractivity contribution in [2.45, 2.75) is 44.2 Å². The number of nitrogens with zero attached hydrogens (tertiary/aromatic N) is 2. The van der Waals surface area contributed by atoms with E-state index < -0.39 is 0 Å². The Morgan fingerprint density at radius 2 is 2.11 bits per heavy atom. The molecule has 0 amide bonds. The second kappa shape index (κ2) is 4.44. The molecule has 1 saturated carbocycles. The molecule has 1 aliphatic carbocycles. The van der Waals surface area contributed by atoms with Crippen molar-refractivity contribution in [2.75, 3.05) is 6.54 Å². The molecule has 3 rings (SSSR count). The number of nitrogens with two attached hydrogens (primary N) is 1. The van der Waals surface area contributed by atoms with Crippen LogP contribution in [0.15, 0.2) is 29.3 Å². The van der Waals surface area contributed by atoms with E-state index in [1.807, 2.05) is 12.1 Å². The molecule has 3 N–H and O–H groups in total. The first-order valence-corrected chi connectivity index (χ1v) is 7.00. The van der Waals surface area contributed by atoms with Gasteiger partial charge in [-0.2, -0.15) is 0 Å². The van der Waals surface area contributed by atoms with Crippen molar-refractivity contribution >= 4 is 5.96 Å². The van der Waals surface area contributed by atoms with Crippen LogP contribution in [0.4, 0.5) is 0 Å². The van der Waals surface area contributed by atoms with E-state index in [1.165, 1.54) is 25.7 Å². The monoisotopic (exact) mass is 259 g/mol. The maximum absolute atomic E-state index is 9.72. The number of aromatic hydroxyl groups is 1.